The van der Waals surface area contributed by atoms with Gasteiger partial charge in [-0.25, -0.2) is 4.98 Å². The Bertz CT molecular complexity index is 812. The minimum Gasteiger partial charge on any atom is -0.357 e. The van der Waals surface area contributed by atoms with Crippen molar-refractivity contribution in [2.75, 3.05) is 26.2 Å². The summed E-state index contributed by atoms with van der Waals surface area (Å²) in [5, 5.41) is 6.79. The number of amides is 1. The van der Waals surface area contributed by atoms with Crippen LogP contribution in [-0.2, 0) is 11.3 Å². The van der Waals surface area contributed by atoms with E-state index in [4.69, 9.17) is 4.99 Å². The summed E-state index contributed by atoms with van der Waals surface area (Å²) in [6.45, 7) is 9.85. The van der Waals surface area contributed by atoms with Crippen molar-refractivity contribution < 1.29 is 4.79 Å². The molecule has 2 aromatic rings. The molecular formula is C20H30N6O. The van der Waals surface area contributed by atoms with Gasteiger partial charge in [0.2, 0.25) is 5.91 Å². The Labute approximate surface area is 160 Å². The van der Waals surface area contributed by atoms with Crippen LogP contribution in [-0.4, -0.2) is 58.5 Å². The summed E-state index contributed by atoms with van der Waals surface area (Å²) in [5.41, 5.74) is 2.17. The first-order chi connectivity index (χ1) is 13.1. The van der Waals surface area contributed by atoms with Crippen LogP contribution in [0.25, 0.3) is 11.0 Å². The van der Waals surface area contributed by atoms with Gasteiger partial charge in [0.05, 0.1) is 17.6 Å². The third kappa shape index (κ3) is 4.59. The van der Waals surface area contributed by atoms with Crippen molar-refractivity contribution in [3.05, 3.63) is 30.1 Å². The molecule has 146 valence electrons. The number of para-hydroxylation sites is 2. The van der Waals surface area contributed by atoms with Crippen LogP contribution in [0.15, 0.2) is 29.3 Å². The van der Waals surface area contributed by atoms with E-state index in [0.29, 0.717) is 13.0 Å². The molecule has 1 atom stereocenters. The van der Waals surface area contributed by atoms with E-state index in [9.17, 15) is 4.79 Å². The quantitative estimate of drug-likeness (QED) is 0.602. The normalized spacial score (nSPS) is 17.5. The number of aliphatic imine (C=N–C) groups is 1. The van der Waals surface area contributed by atoms with Crippen LogP contribution in [0.2, 0.25) is 0 Å². The van der Waals surface area contributed by atoms with E-state index in [-0.39, 0.29) is 11.9 Å². The molecule has 3 rings (SSSR count). The Balaban J connectivity index is 1.61. The molecule has 0 saturated carbocycles. The van der Waals surface area contributed by atoms with Crippen LogP contribution >= 0.6 is 0 Å². The first-order valence-corrected chi connectivity index (χ1v) is 9.86. The number of rotatable bonds is 6. The van der Waals surface area contributed by atoms with Crippen molar-refractivity contribution in [3.8, 4) is 0 Å². The van der Waals surface area contributed by atoms with Gasteiger partial charge in [-0.2, -0.15) is 0 Å². The Morgan fingerprint density at radius 2 is 2.15 bits per heavy atom. The lowest BCUT2D eigenvalue weighted by molar-refractivity contribution is -0.129. The molecule has 1 aliphatic rings. The average Bonchev–Trinajstić information content (AvgIpc) is 3.26. The number of hydrogen-bond donors (Lipinski definition) is 2. The van der Waals surface area contributed by atoms with Crippen LogP contribution < -0.4 is 10.6 Å². The number of imidazole rings is 1. The second-order valence-electron chi connectivity index (χ2n) is 6.88. The summed E-state index contributed by atoms with van der Waals surface area (Å²) in [6.07, 6.45) is 1.53. The van der Waals surface area contributed by atoms with Gasteiger partial charge in [0.25, 0.3) is 0 Å². The first-order valence-electron chi connectivity index (χ1n) is 9.86. The van der Waals surface area contributed by atoms with Gasteiger partial charge in [0.1, 0.15) is 5.82 Å². The lowest BCUT2D eigenvalue weighted by Crippen LogP contribution is -2.45. The predicted octanol–water partition coefficient (Wildman–Crippen LogP) is 1.91. The highest BCUT2D eigenvalue weighted by Crippen LogP contribution is 2.15. The molecule has 1 fully saturated rings. The number of likely N-dealkylation sites (tertiary alicyclic amines) is 1. The van der Waals surface area contributed by atoms with E-state index in [1.54, 1.807) is 0 Å². The van der Waals surface area contributed by atoms with Crippen molar-refractivity contribution in [3.63, 3.8) is 0 Å². The molecule has 1 saturated heterocycles. The smallest absolute Gasteiger partial charge is 0.222 e. The molecule has 1 amide bonds. The van der Waals surface area contributed by atoms with Crippen molar-refractivity contribution >= 4 is 22.9 Å². The van der Waals surface area contributed by atoms with E-state index < -0.39 is 0 Å². The van der Waals surface area contributed by atoms with Crippen LogP contribution in [0.3, 0.4) is 0 Å². The molecule has 1 unspecified atom stereocenters. The van der Waals surface area contributed by atoms with Gasteiger partial charge < -0.3 is 20.1 Å². The molecule has 0 radical (unpaired) electrons. The number of aryl methyl sites for hydroxylation is 1. The summed E-state index contributed by atoms with van der Waals surface area (Å²) in [5.74, 6) is 2.05. The molecule has 0 aliphatic carbocycles. The van der Waals surface area contributed by atoms with Crippen molar-refractivity contribution in [2.24, 2.45) is 4.99 Å². The van der Waals surface area contributed by atoms with E-state index in [1.165, 1.54) is 0 Å². The highest BCUT2D eigenvalue weighted by atomic mass is 16.2. The maximum absolute atomic E-state index is 11.9. The zero-order chi connectivity index (χ0) is 19.2. The SMILES string of the molecule is CCNC(=NCCn1c(C)nc2ccccc21)NC1CCN(C(=O)CC)C1. The average molecular weight is 371 g/mol. The summed E-state index contributed by atoms with van der Waals surface area (Å²) in [4.78, 5) is 23.1. The van der Waals surface area contributed by atoms with Crippen molar-refractivity contribution in [1.29, 1.82) is 0 Å². The fourth-order valence-corrected chi connectivity index (χ4v) is 3.58. The number of carbonyl (C=O) groups is 1. The maximum atomic E-state index is 11.9. The van der Waals surface area contributed by atoms with Gasteiger partial charge in [-0.1, -0.05) is 19.1 Å². The second kappa shape index (κ2) is 8.88. The molecule has 1 aromatic carbocycles. The largest absolute Gasteiger partial charge is 0.357 e. The molecule has 7 nitrogen and oxygen atoms in total. The van der Waals surface area contributed by atoms with E-state index >= 15 is 0 Å². The lowest BCUT2D eigenvalue weighted by atomic mass is 10.3. The number of carbonyl (C=O) groups excluding carboxylic acids is 1. The van der Waals surface area contributed by atoms with E-state index in [2.05, 4.69) is 33.2 Å². The third-order valence-corrected chi connectivity index (χ3v) is 4.97. The molecule has 0 spiro atoms. The van der Waals surface area contributed by atoms with Crippen LogP contribution in [0.1, 0.15) is 32.5 Å². The van der Waals surface area contributed by atoms with E-state index in [0.717, 1.165) is 55.4 Å². The van der Waals surface area contributed by atoms with Gasteiger partial charge in [0, 0.05) is 38.6 Å². The molecule has 27 heavy (non-hydrogen) atoms. The highest BCUT2D eigenvalue weighted by Gasteiger charge is 2.25. The Morgan fingerprint density at radius 1 is 1.33 bits per heavy atom. The first kappa shape index (κ1) is 19.2. The zero-order valence-corrected chi connectivity index (χ0v) is 16.5. The van der Waals surface area contributed by atoms with Crippen LogP contribution in [0.5, 0.6) is 0 Å². The standard InChI is InChI=1S/C20H30N6O/c1-4-19(27)25-12-10-16(14-25)24-20(21-5-2)22-11-13-26-15(3)23-17-8-6-7-9-18(17)26/h6-9,16H,4-5,10-14H2,1-3H3,(H2,21,22,24). The summed E-state index contributed by atoms with van der Waals surface area (Å²) < 4.78 is 2.21. The Kier molecular flexibility index (Phi) is 6.32. The summed E-state index contributed by atoms with van der Waals surface area (Å²) in [6, 6.07) is 8.45. The molecule has 7 heteroatoms. The van der Waals surface area contributed by atoms with Crippen LogP contribution in [0, 0.1) is 6.92 Å². The van der Waals surface area contributed by atoms with Crippen molar-refractivity contribution in [1.82, 2.24) is 25.1 Å². The molecular weight excluding hydrogens is 340 g/mol. The van der Waals surface area contributed by atoms with Gasteiger partial charge in [-0.15, -0.1) is 0 Å². The number of aromatic nitrogens is 2. The molecule has 2 heterocycles. The lowest BCUT2D eigenvalue weighted by Gasteiger charge is -2.18. The summed E-state index contributed by atoms with van der Waals surface area (Å²) in [7, 11) is 0. The van der Waals surface area contributed by atoms with Crippen molar-refractivity contribution in [2.45, 2.75) is 46.2 Å². The van der Waals surface area contributed by atoms with E-state index in [1.807, 2.05) is 36.9 Å². The zero-order valence-electron chi connectivity index (χ0n) is 16.5. The van der Waals surface area contributed by atoms with Gasteiger partial charge >= 0.3 is 0 Å². The summed E-state index contributed by atoms with van der Waals surface area (Å²) >= 11 is 0. The number of nitrogens with one attached hydrogen (secondary N) is 2. The topological polar surface area (TPSA) is 74.6 Å². The second-order valence-corrected chi connectivity index (χ2v) is 6.88. The van der Waals surface area contributed by atoms with Gasteiger partial charge in [0.15, 0.2) is 5.96 Å². The Morgan fingerprint density at radius 3 is 2.93 bits per heavy atom. The predicted molar refractivity (Wildman–Crippen MR) is 109 cm³/mol. The fraction of sp³-hybridized carbons (Fsp3) is 0.550. The number of guanidine groups is 1. The Hall–Kier alpha value is -2.57. The maximum Gasteiger partial charge on any atom is 0.222 e. The van der Waals surface area contributed by atoms with Crippen LogP contribution in [0.4, 0.5) is 0 Å². The highest BCUT2D eigenvalue weighted by molar-refractivity contribution is 5.81. The number of benzene rings is 1. The van der Waals surface area contributed by atoms with Gasteiger partial charge in [-0.3, -0.25) is 9.79 Å². The molecule has 1 aromatic heterocycles. The number of nitrogens with zero attached hydrogens (tertiary/aromatic N) is 4. The fourth-order valence-electron chi connectivity index (χ4n) is 3.58. The number of fused-ring (bicyclic) bond motifs is 1. The molecule has 1 aliphatic heterocycles. The minimum atomic E-state index is 0.226. The molecule has 2 N–H and O–H groups in total. The third-order valence-electron chi connectivity index (χ3n) is 4.97. The van der Waals surface area contributed by atoms with Gasteiger partial charge in [-0.05, 0) is 32.4 Å². The monoisotopic (exact) mass is 370 g/mol. The molecule has 0 bridgehead atoms. The number of hydrogen-bond acceptors (Lipinski definition) is 3. The minimum absolute atomic E-state index is 0.226.